The lowest BCUT2D eigenvalue weighted by molar-refractivity contribution is -0.130. The first-order valence-electron chi connectivity index (χ1n) is 6.72. The Hall–Kier alpha value is -2.44. The minimum atomic E-state index is -0.747. The van der Waals surface area contributed by atoms with E-state index in [1.54, 1.807) is 30.3 Å². The molecule has 0 aliphatic carbocycles. The molecule has 3 rings (SSSR count). The number of rotatable bonds is 3. The zero-order valence-electron chi connectivity index (χ0n) is 11.8. The van der Waals surface area contributed by atoms with Crippen LogP contribution in [0.5, 0.6) is 0 Å². The van der Waals surface area contributed by atoms with Crippen molar-refractivity contribution < 1.29 is 14.4 Å². The third-order valence-electron chi connectivity index (χ3n) is 3.30. The first-order valence-corrected chi connectivity index (χ1v) is 7.98. The highest BCUT2D eigenvalue weighted by atomic mass is 35.5. The van der Waals surface area contributed by atoms with Crippen molar-refractivity contribution in [1.29, 1.82) is 0 Å². The molecule has 1 saturated heterocycles. The standard InChI is InChI=1S/C16H11ClN2O3S/c17-13-6-2-1-4-10(13)9-19-15(21)12(14(20)18-16(19)22)8-11-5-3-7-23-11/h1-8H,9H2,(H,18,20,22)/b12-8+. The second-order valence-corrected chi connectivity index (χ2v) is 6.20. The number of carbonyl (C=O) groups is 3. The molecule has 2 heterocycles. The lowest BCUT2D eigenvalue weighted by Gasteiger charge is -2.26. The van der Waals surface area contributed by atoms with Crippen LogP contribution in [0.25, 0.3) is 6.08 Å². The Morgan fingerprint density at radius 2 is 1.91 bits per heavy atom. The summed E-state index contributed by atoms with van der Waals surface area (Å²) in [6, 6.07) is 9.78. The van der Waals surface area contributed by atoms with Crippen LogP contribution in [0, 0.1) is 0 Å². The van der Waals surface area contributed by atoms with Gasteiger partial charge in [0.2, 0.25) is 0 Å². The van der Waals surface area contributed by atoms with Gasteiger partial charge in [-0.25, -0.2) is 4.79 Å². The summed E-state index contributed by atoms with van der Waals surface area (Å²) in [6.07, 6.45) is 1.48. The molecule has 116 valence electrons. The zero-order valence-corrected chi connectivity index (χ0v) is 13.4. The van der Waals surface area contributed by atoms with E-state index < -0.39 is 17.8 Å². The van der Waals surface area contributed by atoms with Gasteiger partial charge in [-0.15, -0.1) is 11.3 Å². The van der Waals surface area contributed by atoms with Crippen molar-refractivity contribution >= 4 is 46.9 Å². The molecule has 0 spiro atoms. The Kier molecular flexibility index (Phi) is 4.27. The molecule has 1 fully saturated rings. The number of carbonyl (C=O) groups excluding carboxylic acids is 3. The molecule has 1 aromatic carbocycles. The fourth-order valence-corrected chi connectivity index (χ4v) is 3.00. The number of thiophene rings is 1. The van der Waals surface area contributed by atoms with Crippen LogP contribution >= 0.6 is 22.9 Å². The van der Waals surface area contributed by atoms with Crippen molar-refractivity contribution in [3.63, 3.8) is 0 Å². The third kappa shape index (κ3) is 3.18. The van der Waals surface area contributed by atoms with E-state index in [1.165, 1.54) is 17.4 Å². The molecule has 0 bridgehead atoms. The van der Waals surface area contributed by atoms with E-state index in [2.05, 4.69) is 5.32 Å². The van der Waals surface area contributed by atoms with E-state index in [0.717, 1.165) is 9.78 Å². The van der Waals surface area contributed by atoms with Gasteiger partial charge in [0.15, 0.2) is 0 Å². The van der Waals surface area contributed by atoms with E-state index in [9.17, 15) is 14.4 Å². The first kappa shape index (κ1) is 15.5. The minimum Gasteiger partial charge on any atom is -0.273 e. The van der Waals surface area contributed by atoms with Crippen LogP contribution in [0.4, 0.5) is 4.79 Å². The van der Waals surface area contributed by atoms with Gasteiger partial charge in [0.05, 0.1) is 6.54 Å². The van der Waals surface area contributed by atoms with Crippen LogP contribution in [-0.4, -0.2) is 22.7 Å². The van der Waals surface area contributed by atoms with E-state index in [4.69, 9.17) is 11.6 Å². The molecule has 0 saturated carbocycles. The molecular formula is C16H11ClN2O3S. The van der Waals surface area contributed by atoms with Crippen molar-refractivity contribution in [3.8, 4) is 0 Å². The molecule has 2 aromatic rings. The summed E-state index contributed by atoms with van der Waals surface area (Å²) in [5, 5.41) is 4.47. The van der Waals surface area contributed by atoms with Crippen LogP contribution in [0.3, 0.4) is 0 Å². The number of nitrogens with one attached hydrogen (secondary N) is 1. The number of benzene rings is 1. The second kappa shape index (κ2) is 6.36. The van der Waals surface area contributed by atoms with Crippen LogP contribution in [-0.2, 0) is 16.1 Å². The summed E-state index contributed by atoms with van der Waals surface area (Å²) in [5.74, 6) is -1.32. The quantitative estimate of drug-likeness (QED) is 0.686. The molecular weight excluding hydrogens is 336 g/mol. The molecule has 0 atom stereocenters. The SMILES string of the molecule is O=C1NC(=O)N(Cc2ccccc2Cl)C(=O)/C1=C/c1cccs1. The summed E-state index contributed by atoms with van der Waals surface area (Å²) in [6.45, 7) is -0.000595. The zero-order chi connectivity index (χ0) is 16.4. The van der Waals surface area contributed by atoms with E-state index >= 15 is 0 Å². The summed E-state index contributed by atoms with van der Waals surface area (Å²) in [4.78, 5) is 38.2. The number of amides is 4. The summed E-state index contributed by atoms with van der Waals surface area (Å²) < 4.78 is 0. The molecule has 0 unspecified atom stereocenters. The number of barbiturate groups is 1. The molecule has 7 heteroatoms. The van der Waals surface area contributed by atoms with E-state index in [0.29, 0.717) is 10.6 Å². The van der Waals surface area contributed by atoms with Crippen molar-refractivity contribution in [1.82, 2.24) is 10.2 Å². The van der Waals surface area contributed by atoms with Gasteiger partial charge >= 0.3 is 6.03 Å². The highest BCUT2D eigenvalue weighted by Crippen LogP contribution is 2.22. The van der Waals surface area contributed by atoms with Crippen LogP contribution in [0.15, 0.2) is 47.4 Å². The molecule has 4 amide bonds. The second-order valence-electron chi connectivity index (χ2n) is 4.82. The van der Waals surface area contributed by atoms with Gasteiger partial charge in [-0.3, -0.25) is 19.8 Å². The van der Waals surface area contributed by atoms with Crippen molar-refractivity contribution in [3.05, 3.63) is 62.8 Å². The van der Waals surface area contributed by atoms with Crippen molar-refractivity contribution in [2.24, 2.45) is 0 Å². The number of nitrogens with zero attached hydrogens (tertiary/aromatic N) is 1. The van der Waals surface area contributed by atoms with Crippen LogP contribution < -0.4 is 5.32 Å². The maximum atomic E-state index is 12.5. The molecule has 1 N–H and O–H groups in total. The van der Waals surface area contributed by atoms with E-state index in [-0.39, 0.29) is 12.1 Å². The third-order valence-corrected chi connectivity index (χ3v) is 4.49. The van der Waals surface area contributed by atoms with Gasteiger partial charge in [-0.1, -0.05) is 35.9 Å². The average Bonchev–Trinajstić information content (AvgIpc) is 3.03. The highest BCUT2D eigenvalue weighted by Gasteiger charge is 2.35. The first-order chi connectivity index (χ1) is 11.1. The Balaban J connectivity index is 1.91. The monoisotopic (exact) mass is 346 g/mol. The summed E-state index contributed by atoms with van der Waals surface area (Å²) in [5.41, 5.74) is 0.557. The maximum absolute atomic E-state index is 12.5. The Bertz CT molecular complexity index is 814. The van der Waals surface area contributed by atoms with Gasteiger partial charge in [0, 0.05) is 9.90 Å². The van der Waals surface area contributed by atoms with Gasteiger partial charge in [-0.05, 0) is 29.2 Å². The summed E-state index contributed by atoms with van der Waals surface area (Å²) in [7, 11) is 0. The number of urea groups is 1. The topological polar surface area (TPSA) is 66.5 Å². The molecule has 5 nitrogen and oxygen atoms in total. The summed E-state index contributed by atoms with van der Waals surface area (Å²) >= 11 is 7.47. The molecule has 0 radical (unpaired) electrons. The van der Waals surface area contributed by atoms with Crippen molar-refractivity contribution in [2.45, 2.75) is 6.54 Å². The van der Waals surface area contributed by atoms with Crippen LogP contribution in [0.1, 0.15) is 10.4 Å². The number of halogens is 1. The molecule has 1 aliphatic heterocycles. The van der Waals surface area contributed by atoms with Gasteiger partial charge in [-0.2, -0.15) is 0 Å². The van der Waals surface area contributed by atoms with Gasteiger partial charge in [0.1, 0.15) is 5.57 Å². The fraction of sp³-hybridized carbons (Fsp3) is 0.0625. The largest absolute Gasteiger partial charge is 0.331 e. The number of imide groups is 2. The lowest BCUT2D eigenvalue weighted by atomic mass is 10.1. The molecule has 1 aliphatic rings. The fourth-order valence-electron chi connectivity index (χ4n) is 2.15. The molecule has 23 heavy (non-hydrogen) atoms. The predicted molar refractivity (Wildman–Crippen MR) is 87.8 cm³/mol. The average molecular weight is 347 g/mol. The predicted octanol–water partition coefficient (Wildman–Crippen LogP) is 3.06. The Morgan fingerprint density at radius 1 is 1.13 bits per heavy atom. The minimum absolute atomic E-state index is 0.000595. The molecule has 1 aromatic heterocycles. The van der Waals surface area contributed by atoms with E-state index in [1.807, 2.05) is 11.4 Å². The van der Waals surface area contributed by atoms with Crippen LogP contribution in [0.2, 0.25) is 5.02 Å². The normalized spacial score (nSPS) is 16.8. The van der Waals surface area contributed by atoms with Gasteiger partial charge < -0.3 is 0 Å². The number of hydrogen-bond acceptors (Lipinski definition) is 4. The lowest BCUT2D eigenvalue weighted by Crippen LogP contribution is -2.53. The van der Waals surface area contributed by atoms with Crippen molar-refractivity contribution in [2.75, 3.05) is 0 Å². The smallest absolute Gasteiger partial charge is 0.273 e. The Morgan fingerprint density at radius 3 is 2.61 bits per heavy atom. The highest BCUT2D eigenvalue weighted by molar-refractivity contribution is 7.10. The number of hydrogen-bond donors (Lipinski definition) is 1. The Labute approximate surface area is 141 Å². The maximum Gasteiger partial charge on any atom is 0.331 e. The van der Waals surface area contributed by atoms with Gasteiger partial charge in [0.25, 0.3) is 11.8 Å².